The fraction of sp³-hybridized carbons (Fsp3) is 0.316. The van der Waals surface area contributed by atoms with Crippen LogP contribution in [-0.4, -0.2) is 43.5 Å². The number of ketones is 2. The summed E-state index contributed by atoms with van der Waals surface area (Å²) in [5.74, 6) is -6.14. The number of Topliss-reactive ketones (excluding diaryl/α,β-unsaturated/α-hetero) is 2. The Morgan fingerprint density at radius 1 is 1.15 bits per heavy atom. The number of hydrogen-bond donors (Lipinski definition) is 5. The van der Waals surface area contributed by atoms with Gasteiger partial charge in [0.15, 0.2) is 11.4 Å². The number of fused-ring (bicyclic) bond motifs is 3. The molecule has 1 aromatic carbocycles. The highest BCUT2D eigenvalue weighted by molar-refractivity contribution is 6.22. The molecule has 0 radical (unpaired) electrons. The van der Waals surface area contributed by atoms with Gasteiger partial charge in [0.1, 0.15) is 22.8 Å². The van der Waals surface area contributed by atoms with Crippen LogP contribution in [0.3, 0.4) is 0 Å². The van der Waals surface area contributed by atoms with E-state index in [1.807, 2.05) is 0 Å². The molecule has 3 atom stereocenters. The molecular formula is C19H17NO7. The summed E-state index contributed by atoms with van der Waals surface area (Å²) in [6.07, 6.45) is 0.142. The normalized spacial score (nSPS) is 30.0. The van der Waals surface area contributed by atoms with Crippen molar-refractivity contribution in [2.75, 3.05) is 0 Å². The lowest BCUT2D eigenvalue weighted by Gasteiger charge is -2.46. The fourth-order valence-corrected chi connectivity index (χ4v) is 4.56. The van der Waals surface area contributed by atoms with E-state index in [0.29, 0.717) is 12.0 Å². The molecule has 3 aliphatic rings. The Labute approximate surface area is 153 Å². The van der Waals surface area contributed by atoms with Crippen LogP contribution in [0, 0.1) is 11.8 Å². The van der Waals surface area contributed by atoms with Gasteiger partial charge in [-0.3, -0.25) is 14.4 Å². The number of phenolic OH excluding ortho intramolecular Hbond substituents is 1. The van der Waals surface area contributed by atoms with Gasteiger partial charge >= 0.3 is 0 Å². The average Bonchev–Trinajstić information content (AvgIpc) is 2.57. The van der Waals surface area contributed by atoms with E-state index in [0.717, 1.165) is 0 Å². The van der Waals surface area contributed by atoms with Gasteiger partial charge in [0.05, 0.1) is 5.56 Å². The third kappa shape index (κ3) is 2.10. The lowest BCUT2D eigenvalue weighted by Crippen LogP contribution is -2.58. The Kier molecular flexibility index (Phi) is 3.48. The van der Waals surface area contributed by atoms with Gasteiger partial charge in [-0.15, -0.1) is 0 Å². The molecular weight excluding hydrogens is 354 g/mol. The van der Waals surface area contributed by atoms with Gasteiger partial charge in [0.25, 0.3) is 5.91 Å². The SMILES string of the molecule is NC(=O)C1=C(O)[C@@]2(O)C(=O)C3=C(O)c4c(O)cccc4C[C@H]3C[C@H]2CC1=O. The van der Waals surface area contributed by atoms with Crippen LogP contribution in [0.15, 0.2) is 35.1 Å². The first-order valence-electron chi connectivity index (χ1n) is 8.46. The van der Waals surface area contributed by atoms with Gasteiger partial charge < -0.3 is 26.2 Å². The molecule has 3 aliphatic carbocycles. The van der Waals surface area contributed by atoms with E-state index in [1.54, 1.807) is 12.1 Å². The Morgan fingerprint density at radius 3 is 2.52 bits per heavy atom. The minimum absolute atomic E-state index is 0.102. The molecule has 1 amide bonds. The molecule has 1 saturated carbocycles. The summed E-state index contributed by atoms with van der Waals surface area (Å²) in [7, 11) is 0. The number of phenols is 1. The highest BCUT2D eigenvalue weighted by Gasteiger charge is 2.60. The Balaban J connectivity index is 1.93. The molecule has 6 N–H and O–H groups in total. The molecule has 4 rings (SSSR count). The number of carbonyl (C=O) groups is 3. The van der Waals surface area contributed by atoms with Gasteiger partial charge in [-0.1, -0.05) is 12.1 Å². The minimum Gasteiger partial charge on any atom is -0.508 e. The van der Waals surface area contributed by atoms with E-state index < -0.39 is 52.0 Å². The van der Waals surface area contributed by atoms with Crippen molar-refractivity contribution in [2.45, 2.75) is 24.9 Å². The summed E-state index contributed by atoms with van der Waals surface area (Å²) in [6.45, 7) is 0. The number of benzene rings is 1. The van der Waals surface area contributed by atoms with Crippen LogP contribution in [0.1, 0.15) is 24.0 Å². The van der Waals surface area contributed by atoms with Crippen molar-refractivity contribution in [2.24, 2.45) is 17.6 Å². The minimum atomic E-state index is -2.51. The summed E-state index contributed by atoms with van der Waals surface area (Å²) in [4.78, 5) is 36.8. The molecule has 0 saturated heterocycles. The zero-order chi connectivity index (χ0) is 19.7. The van der Waals surface area contributed by atoms with Crippen LogP contribution in [0.2, 0.25) is 0 Å². The van der Waals surface area contributed by atoms with Crippen molar-refractivity contribution in [3.05, 3.63) is 46.2 Å². The van der Waals surface area contributed by atoms with Crippen LogP contribution in [0.4, 0.5) is 0 Å². The van der Waals surface area contributed by atoms with Crippen LogP contribution in [0.5, 0.6) is 5.75 Å². The Morgan fingerprint density at radius 2 is 1.85 bits per heavy atom. The molecule has 1 aromatic rings. The van der Waals surface area contributed by atoms with Crippen molar-refractivity contribution in [1.29, 1.82) is 0 Å². The number of aliphatic hydroxyl groups is 3. The van der Waals surface area contributed by atoms with Crippen LogP contribution >= 0.6 is 0 Å². The van der Waals surface area contributed by atoms with Crippen LogP contribution in [-0.2, 0) is 20.8 Å². The van der Waals surface area contributed by atoms with Crippen molar-refractivity contribution in [3.63, 3.8) is 0 Å². The van der Waals surface area contributed by atoms with Crippen LogP contribution in [0.25, 0.3) is 5.76 Å². The molecule has 27 heavy (non-hydrogen) atoms. The number of amides is 1. The maximum atomic E-state index is 13.1. The van der Waals surface area contributed by atoms with Crippen LogP contribution < -0.4 is 5.73 Å². The molecule has 8 heteroatoms. The van der Waals surface area contributed by atoms with Gasteiger partial charge in [0.2, 0.25) is 5.78 Å². The molecule has 0 heterocycles. The van der Waals surface area contributed by atoms with Gasteiger partial charge in [-0.2, -0.15) is 0 Å². The van der Waals surface area contributed by atoms with E-state index >= 15 is 0 Å². The average molecular weight is 371 g/mol. The highest BCUT2D eigenvalue weighted by atomic mass is 16.3. The lowest BCUT2D eigenvalue weighted by atomic mass is 9.59. The van der Waals surface area contributed by atoms with Crippen molar-refractivity contribution in [3.8, 4) is 5.75 Å². The van der Waals surface area contributed by atoms with E-state index in [9.17, 15) is 34.8 Å². The number of primary amides is 1. The lowest BCUT2D eigenvalue weighted by molar-refractivity contribution is -0.147. The molecule has 0 bridgehead atoms. The second kappa shape index (κ2) is 5.43. The second-order valence-electron chi connectivity index (χ2n) is 7.22. The van der Waals surface area contributed by atoms with Crippen molar-refractivity contribution >= 4 is 23.2 Å². The van der Waals surface area contributed by atoms with Gasteiger partial charge in [0, 0.05) is 17.9 Å². The first-order chi connectivity index (χ1) is 12.7. The highest BCUT2D eigenvalue weighted by Crippen LogP contribution is 2.51. The van der Waals surface area contributed by atoms with E-state index in [2.05, 4.69) is 0 Å². The van der Waals surface area contributed by atoms with E-state index in [1.165, 1.54) is 6.07 Å². The summed E-state index contributed by atoms with van der Waals surface area (Å²) in [5.41, 5.74) is 2.42. The van der Waals surface area contributed by atoms with Crippen molar-refractivity contribution in [1.82, 2.24) is 0 Å². The largest absolute Gasteiger partial charge is 0.508 e. The van der Waals surface area contributed by atoms with E-state index in [4.69, 9.17) is 5.73 Å². The third-order valence-electron chi connectivity index (χ3n) is 5.80. The number of aliphatic hydroxyl groups excluding tert-OH is 2. The fourth-order valence-electron chi connectivity index (χ4n) is 4.56. The van der Waals surface area contributed by atoms with Gasteiger partial charge in [-0.05, 0) is 30.4 Å². The van der Waals surface area contributed by atoms with Gasteiger partial charge in [-0.25, -0.2) is 0 Å². The molecule has 140 valence electrons. The smallest absolute Gasteiger partial charge is 0.255 e. The number of hydrogen-bond acceptors (Lipinski definition) is 7. The second-order valence-corrected chi connectivity index (χ2v) is 7.22. The zero-order valence-electron chi connectivity index (χ0n) is 14.1. The monoisotopic (exact) mass is 371 g/mol. The molecule has 0 aromatic heterocycles. The number of carbonyl (C=O) groups excluding carboxylic acids is 3. The third-order valence-corrected chi connectivity index (χ3v) is 5.80. The quantitative estimate of drug-likeness (QED) is 0.448. The molecule has 0 spiro atoms. The molecule has 0 aliphatic heterocycles. The number of rotatable bonds is 1. The van der Waals surface area contributed by atoms with Crippen molar-refractivity contribution < 1.29 is 34.8 Å². The summed E-state index contributed by atoms with van der Waals surface area (Å²) in [6, 6.07) is 4.69. The number of aromatic hydroxyl groups is 1. The molecule has 1 fully saturated rings. The topological polar surface area (TPSA) is 158 Å². The summed E-state index contributed by atoms with van der Waals surface area (Å²) < 4.78 is 0. The standard InChI is InChI=1S/C19H17NO7/c20-18(26)14-11(22)6-9-5-8-4-7-2-1-3-10(21)12(7)15(23)13(8)16(24)19(9,27)17(14)25/h1-3,8-9,21,23,25,27H,4-6H2,(H2,20,26)/t8-,9-,19-/m0/s1. The predicted molar refractivity (Wildman–Crippen MR) is 91.4 cm³/mol. The Bertz CT molecular complexity index is 990. The summed E-state index contributed by atoms with van der Waals surface area (Å²) in [5, 5.41) is 42.1. The first-order valence-corrected chi connectivity index (χ1v) is 8.46. The predicted octanol–water partition coefficient (Wildman–Crippen LogP) is 0.424. The maximum Gasteiger partial charge on any atom is 0.255 e. The maximum absolute atomic E-state index is 13.1. The first kappa shape index (κ1) is 17.3. The van der Waals surface area contributed by atoms with E-state index in [-0.39, 0.29) is 29.7 Å². The molecule has 8 nitrogen and oxygen atoms in total. The number of nitrogens with two attached hydrogens (primary N) is 1. The molecule has 0 unspecified atom stereocenters. The zero-order valence-corrected chi connectivity index (χ0v) is 14.1. The Hall–Kier alpha value is -3.13. The summed E-state index contributed by atoms with van der Waals surface area (Å²) >= 11 is 0.